The quantitative estimate of drug-likeness (QED) is 0.645. The molecule has 0 spiro atoms. The molecule has 0 radical (unpaired) electrons. The molecule has 0 saturated heterocycles. The van der Waals surface area contributed by atoms with Crippen LogP contribution in [0.25, 0.3) is 11.1 Å². The Bertz CT molecular complexity index is 528. The number of amides is 1. The van der Waals surface area contributed by atoms with Gasteiger partial charge < -0.3 is 9.73 Å². The van der Waals surface area contributed by atoms with Gasteiger partial charge in [-0.15, -0.1) is 6.58 Å². The highest BCUT2D eigenvalue weighted by atomic mass is 16.3. The zero-order valence-corrected chi connectivity index (χ0v) is 10.1. The van der Waals surface area contributed by atoms with E-state index in [1.165, 1.54) is 6.26 Å². The highest BCUT2D eigenvalue weighted by Crippen LogP contribution is 2.24. The van der Waals surface area contributed by atoms with Gasteiger partial charge in [-0.25, -0.2) is 0 Å². The molecule has 0 aliphatic rings. The second kappa shape index (κ2) is 5.87. The molecule has 0 atom stereocenters. The van der Waals surface area contributed by atoms with Crippen LogP contribution in [0.15, 0.2) is 59.7 Å². The molecule has 0 aliphatic heterocycles. The molecule has 1 amide bonds. The maximum Gasteiger partial charge on any atom is 0.287 e. The van der Waals surface area contributed by atoms with Gasteiger partial charge in [0.25, 0.3) is 5.91 Å². The van der Waals surface area contributed by atoms with Crippen molar-refractivity contribution in [3.63, 3.8) is 0 Å². The fourth-order valence-electron chi connectivity index (χ4n) is 1.70. The highest BCUT2D eigenvalue weighted by molar-refractivity contribution is 5.98. The van der Waals surface area contributed by atoms with Gasteiger partial charge in [-0.2, -0.15) is 0 Å². The van der Waals surface area contributed by atoms with Crippen LogP contribution in [0.4, 0.5) is 0 Å². The fraction of sp³-hybridized carbons (Fsp3) is 0.133. The van der Waals surface area contributed by atoms with Gasteiger partial charge in [0.1, 0.15) is 0 Å². The minimum Gasteiger partial charge on any atom is -0.459 e. The van der Waals surface area contributed by atoms with Gasteiger partial charge in [-0.3, -0.25) is 4.79 Å². The van der Waals surface area contributed by atoms with Gasteiger partial charge >= 0.3 is 0 Å². The van der Waals surface area contributed by atoms with Crippen LogP contribution in [0.2, 0.25) is 0 Å². The van der Waals surface area contributed by atoms with Crippen LogP contribution in [0.5, 0.6) is 0 Å². The Balaban J connectivity index is 2.18. The molecular weight excluding hydrogens is 226 g/mol. The van der Waals surface area contributed by atoms with E-state index in [0.717, 1.165) is 17.5 Å². The van der Waals surface area contributed by atoms with E-state index in [2.05, 4.69) is 11.9 Å². The molecule has 1 aromatic carbocycles. The van der Waals surface area contributed by atoms with E-state index in [9.17, 15) is 4.79 Å². The lowest BCUT2D eigenvalue weighted by molar-refractivity contribution is 0.0927. The zero-order chi connectivity index (χ0) is 12.8. The van der Waals surface area contributed by atoms with Crippen LogP contribution in [0.3, 0.4) is 0 Å². The lowest BCUT2D eigenvalue weighted by atomic mass is 10.1. The molecule has 0 saturated carbocycles. The van der Waals surface area contributed by atoms with E-state index < -0.39 is 0 Å². The first-order chi connectivity index (χ1) is 8.83. The molecule has 3 nitrogen and oxygen atoms in total. The largest absolute Gasteiger partial charge is 0.459 e. The van der Waals surface area contributed by atoms with Crippen molar-refractivity contribution in [3.8, 4) is 11.1 Å². The van der Waals surface area contributed by atoms with Crippen molar-refractivity contribution in [1.29, 1.82) is 0 Å². The lowest BCUT2D eigenvalue weighted by Crippen LogP contribution is -2.24. The number of hydrogen-bond acceptors (Lipinski definition) is 2. The first-order valence-corrected chi connectivity index (χ1v) is 5.85. The minimum absolute atomic E-state index is 0.194. The summed E-state index contributed by atoms with van der Waals surface area (Å²) in [5, 5.41) is 2.79. The Morgan fingerprint density at radius 2 is 2.06 bits per heavy atom. The number of nitrogens with one attached hydrogen (secondary N) is 1. The number of carbonyl (C=O) groups excluding carboxylic acids is 1. The smallest absolute Gasteiger partial charge is 0.287 e. The maximum atomic E-state index is 11.9. The third kappa shape index (κ3) is 2.69. The molecule has 2 aromatic rings. The average Bonchev–Trinajstić information content (AvgIpc) is 2.89. The van der Waals surface area contributed by atoms with Crippen LogP contribution >= 0.6 is 0 Å². The first-order valence-electron chi connectivity index (χ1n) is 5.85. The number of carbonyl (C=O) groups is 1. The standard InChI is InChI=1S/C15H15NO2/c1-2-3-10-16-15(17)14-13(9-11-18-14)12-7-5-4-6-8-12/h2,4-9,11H,1,3,10H2,(H,16,17). The Morgan fingerprint density at radius 1 is 1.28 bits per heavy atom. The first kappa shape index (κ1) is 12.2. The van der Waals surface area contributed by atoms with Crippen molar-refractivity contribution < 1.29 is 9.21 Å². The molecular formula is C15H15NO2. The third-order valence-electron chi connectivity index (χ3n) is 2.59. The normalized spacial score (nSPS) is 10.0. The predicted octanol–water partition coefficient (Wildman–Crippen LogP) is 3.25. The summed E-state index contributed by atoms with van der Waals surface area (Å²) in [6, 6.07) is 11.5. The maximum absolute atomic E-state index is 11.9. The average molecular weight is 241 g/mol. The van der Waals surface area contributed by atoms with E-state index in [0.29, 0.717) is 12.3 Å². The fourth-order valence-corrected chi connectivity index (χ4v) is 1.70. The Kier molecular flexibility index (Phi) is 3.97. The van der Waals surface area contributed by atoms with E-state index in [1.54, 1.807) is 12.1 Å². The number of furan rings is 1. The van der Waals surface area contributed by atoms with E-state index >= 15 is 0 Å². The van der Waals surface area contributed by atoms with Gasteiger partial charge in [0, 0.05) is 12.1 Å². The molecule has 1 heterocycles. The van der Waals surface area contributed by atoms with Gasteiger partial charge in [0.15, 0.2) is 5.76 Å². The zero-order valence-electron chi connectivity index (χ0n) is 10.1. The minimum atomic E-state index is -0.194. The third-order valence-corrected chi connectivity index (χ3v) is 2.59. The number of rotatable bonds is 5. The molecule has 1 aromatic heterocycles. The van der Waals surface area contributed by atoms with Gasteiger partial charge in [-0.05, 0) is 18.1 Å². The monoisotopic (exact) mass is 241 g/mol. The molecule has 0 fully saturated rings. The molecule has 0 unspecified atom stereocenters. The molecule has 2 rings (SSSR count). The van der Waals surface area contributed by atoms with E-state index in [1.807, 2.05) is 30.3 Å². The summed E-state index contributed by atoms with van der Waals surface area (Å²) in [5.41, 5.74) is 1.78. The van der Waals surface area contributed by atoms with Gasteiger partial charge in [0.05, 0.1) is 6.26 Å². The molecule has 0 bridgehead atoms. The van der Waals surface area contributed by atoms with Crippen LogP contribution in [0.1, 0.15) is 17.0 Å². The number of benzene rings is 1. The molecule has 1 N–H and O–H groups in total. The van der Waals surface area contributed by atoms with Gasteiger partial charge in [-0.1, -0.05) is 36.4 Å². The van der Waals surface area contributed by atoms with Crippen molar-refractivity contribution in [2.24, 2.45) is 0 Å². The van der Waals surface area contributed by atoms with Crippen molar-refractivity contribution in [3.05, 3.63) is 61.1 Å². The lowest BCUT2D eigenvalue weighted by Gasteiger charge is -2.04. The summed E-state index contributed by atoms with van der Waals surface area (Å²) >= 11 is 0. The SMILES string of the molecule is C=CCCNC(=O)c1occc1-c1ccccc1. The van der Waals surface area contributed by atoms with Crippen LogP contribution < -0.4 is 5.32 Å². The molecule has 18 heavy (non-hydrogen) atoms. The molecule has 92 valence electrons. The molecule has 3 heteroatoms. The highest BCUT2D eigenvalue weighted by Gasteiger charge is 2.15. The molecule has 0 aliphatic carbocycles. The number of hydrogen-bond donors (Lipinski definition) is 1. The summed E-state index contributed by atoms with van der Waals surface area (Å²) in [5.74, 6) is 0.158. The summed E-state index contributed by atoms with van der Waals surface area (Å²) < 4.78 is 5.27. The van der Waals surface area contributed by atoms with Gasteiger partial charge in [0.2, 0.25) is 0 Å². The van der Waals surface area contributed by atoms with Crippen LogP contribution in [-0.4, -0.2) is 12.5 Å². The van der Waals surface area contributed by atoms with Crippen molar-refractivity contribution in [1.82, 2.24) is 5.32 Å². The van der Waals surface area contributed by atoms with Crippen LogP contribution in [0, 0.1) is 0 Å². The Labute approximate surface area is 106 Å². The van der Waals surface area contributed by atoms with E-state index in [-0.39, 0.29) is 5.91 Å². The Morgan fingerprint density at radius 3 is 2.78 bits per heavy atom. The summed E-state index contributed by atoms with van der Waals surface area (Å²) in [7, 11) is 0. The summed E-state index contributed by atoms with van der Waals surface area (Å²) in [4.78, 5) is 11.9. The Hall–Kier alpha value is -2.29. The topological polar surface area (TPSA) is 42.2 Å². The predicted molar refractivity (Wildman–Crippen MR) is 71.3 cm³/mol. The van der Waals surface area contributed by atoms with Crippen LogP contribution in [-0.2, 0) is 0 Å². The van der Waals surface area contributed by atoms with E-state index in [4.69, 9.17) is 4.42 Å². The second-order valence-electron chi connectivity index (χ2n) is 3.86. The van der Waals surface area contributed by atoms with Crippen molar-refractivity contribution in [2.75, 3.05) is 6.54 Å². The second-order valence-corrected chi connectivity index (χ2v) is 3.86. The summed E-state index contributed by atoms with van der Waals surface area (Å²) in [6.45, 7) is 4.18. The van der Waals surface area contributed by atoms with Crippen molar-refractivity contribution >= 4 is 5.91 Å². The van der Waals surface area contributed by atoms with Crippen molar-refractivity contribution in [2.45, 2.75) is 6.42 Å². The summed E-state index contributed by atoms with van der Waals surface area (Å²) in [6.07, 6.45) is 4.04.